The van der Waals surface area contributed by atoms with Crippen LogP contribution in [0.4, 0.5) is 15.8 Å². The van der Waals surface area contributed by atoms with E-state index in [2.05, 4.69) is 5.32 Å². The predicted octanol–water partition coefficient (Wildman–Crippen LogP) is 6.47. The Morgan fingerprint density at radius 1 is 1.03 bits per heavy atom. The number of nitrogen functional groups attached to an aromatic ring is 1. The highest BCUT2D eigenvalue weighted by molar-refractivity contribution is 7.21. The second kappa shape index (κ2) is 7.94. The fraction of sp³-hybridized carbons (Fsp3) is 0.167. The molecule has 3 N–H and O–H groups in total. The van der Waals surface area contributed by atoms with Gasteiger partial charge >= 0.3 is 0 Å². The van der Waals surface area contributed by atoms with E-state index in [9.17, 15) is 9.18 Å². The zero-order chi connectivity index (χ0) is 21.5. The van der Waals surface area contributed by atoms with Gasteiger partial charge in [0, 0.05) is 21.7 Å². The van der Waals surface area contributed by atoms with Crippen LogP contribution in [0, 0.1) is 5.82 Å². The van der Waals surface area contributed by atoms with Gasteiger partial charge in [-0.2, -0.15) is 0 Å². The molecule has 0 bridgehead atoms. The molecule has 156 valence electrons. The summed E-state index contributed by atoms with van der Waals surface area (Å²) in [4.78, 5) is 19.1. The Balaban J connectivity index is 1.62. The van der Waals surface area contributed by atoms with Crippen molar-refractivity contribution in [2.24, 2.45) is 0 Å². The van der Waals surface area contributed by atoms with Crippen LogP contribution in [0.1, 0.15) is 33.6 Å². The Bertz CT molecular complexity index is 1300. The van der Waals surface area contributed by atoms with Gasteiger partial charge in [-0.3, -0.25) is 4.79 Å². The molecule has 0 unspecified atom stereocenters. The SMILES string of the molecule is Nc1c(C(=O)Nc2ccc(F)cc2)sc2nc(-c3ccc(Cl)cc3)c3c(c12)CCCC3. The molecule has 1 aliphatic carbocycles. The highest BCUT2D eigenvalue weighted by Crippen LogP contribution is 2.42. The van der Waals surface area contributed by atoms with Crippen molar-refractivity contribution in [3.63, 3.8) is 0 Å². The molecular weight excluding hydrogens is 433 g/mol. The summed E-state index contributed by atoms with van der Waals surface area (Å²) in [7, 11) is 0. The summed E-state index contributed by atoms with van der Waals surface area (Å²) in [5, 5.41) is 4.37. The van der Waals surface area contributed by atoms with E-state index in [0.29, 0.717) is 21.3 Å². The summed E-state index contributed by atoms with van der Waals surface area (Å²) in [5.41, 5.74) is 11.8. The third kappa shape index (κ3) is 3.66. The zero-order valence-electron chi connectivity index (χ0n) is 16.5. The average molecular weight is 452 g/mol. The number of hydrogen-bond donors (Lipinski definition) is 2. The molecule has 2 aromatic carbocycles. The maximum Gasteiger partial charge on any atom is 0.267 e. The van der Waals surface area contributed by atoms with Gasteiger partial charge in [0.15, 0.2) is 0 Å². The fourth-order valence-electron chi connectivity index (χ4n) is 4.15. The fourth-order valence-corrected chi connectivity index (χ4v) is 5.30. The monoisotopic (exact) mass is 451 g/mol. The van der Waals surface area contributed by atoms with Crippen LogP contribution in [0.3, 0.4) is 0 Å². The number of pyridine rings is 1. The molecule has 2 aromatic heterocycles. The maximum atomic E-state index is 13.2. The van der Waals surface area contributed by atoms with Crippen LogP contribution in [0.25, 0.3) is 21.5 Å². The molecule has 0 fully saturated rings. The van der Waals surface area contributed by atoms with Crippen molar-refractivity contribution in [3.8, 4) is 11.3 Å². The Morgan fingerprint density at radius 3 is 2.42 bits per heavy atom. The Morgan fingerprint density at radius 2 is 1.71 bits per heavy atom. The average Bonchev–Trinajstić information content (AvgIpc) is 3.12. The molecule has 0 aliphatic heterocycles. The summed E-state index contributed by atoms with van der Waals surface area (Å²) in [5.74, 6) is -0.672. The molecule has 2 heterocycles. The van der Waals surface area contributed by atoms with E-state index in [0.717, 1.165) is 47.2 Å². The van der Waals surface area contributed by atoms with Crippen molar-refractivity contribution in [1.82, 2.24) is 4.98 Å². The van der Waals surface area contributed by atoms with E-state index >= 15 is 0 Å². The normalized spacial score (nSPS) is 13.2. The molecule has 7 heteroatoms. The zero-order valence-corrected chi connectivity index (χ0v) is 18.1. The summed E-state index contributed by atoms with van der Waals surface area (Å²) >= 11 is 7.36. The molecule has 1 amide bonds. The van der Waals surface area contributed by atoms with E-state index in [1.165, 1.54) is 46.7 Å². The number of carbonyl (C=O) groups is 1. The number of thiophene rings is 1. The molecule has 4 aromatic rings. The lowest BCUT2D eigenvalue weighted by Gasteiger charge is -2.20. The minimum Gasteiger partial charge on any atom is -0.397 e. The summed E-state index contributed by atoms with van der Waals surface area (Å²) in [6, 6.07) is 13.3. The number of hydrogen-bond acceptors (Lipinski definition) is 4. The summed E-state index contributed by atoms with van der Waals surface area (Å²) < 4.78 is 13.2. The molecule has 0 atom stereocenters. The number of aromatic nitrogens is 1. The van der Waals surface area contributed by atoms with E-state index < -0.39 is 0 Å². The Kier molecular flexibility index (Phi) is 5.12. The molecule has 0 spiro atoms. The minimum atomic E-state index is -0.357. The molecule has 4 nitrogen and oxygen atoms in total. The summed E-state index contributed by atoms with van der Waals surface area (Å²) in [6.45, 7) is 0. The lowest BCUT2D eigenvalue weighted by Crippen LogP contribution is -2.12. The number of nitrogens with one attached hydrogen (secondary N) is 1. The van der Waals surface area contributed by atoms with E-state index in [1.54, 1.807) is 0 Å². The Hall–Kier alpha value is -2.96. The van der Waals surface area contributed by atoms with Gasteiger partial charge in [-0.15, -0.1) is 11.3 Å². The third-order valence-corrected chi connectivity index (χ3v) is 6.97. The van der Waals surface area contributed by atoms with Crippen molar-refractivity contribution in [2.45, 2.75) is 25.7 Å². The van der Waals surface area contributed by atoms with Crippen LogP contribution in [0.15, 0.2) is 48.5 Å². The van der Waals surface area contributed by atoms with Gasteiger partial charge in [-0.05, 0) is 73.2 Å². The number of nitrogens with zero attached hydrogens (tertiary/aromatic N) is 1. The highest BCUT2D eigenvalue weighted by atomic mass is 35.5. The number of fused-ring (bicyclic) bond motifs is 3. The quantitative estimate of drug-likeness (QED) is 0.375. The van der Waals surface area contributed by atoms with E-state index in [-0.39, 0.29) is 11.7 Å². The first-order valence-corrected chi connectivity index (χ1v) is 11.3. The van der Waals surface area contributed by atoms with Crippen LogP contribution in [0.5, 0.6) is 0 Å². The number of halogens is 2. The van der Waals surface area contributed by atoms with Crippen molar-refractivity contribution < 1.29 is 9.18 Å². The van der Waals surface area contributed by atoms with Crippen LogP contribution in [-0.4, -0.2) is 10.9 Å². The van der Waals surface area contributed by atoms with Gasteiger partial charge < -0.3 is 11.1 Å². The van der Waals surface area contributed by atoms with Gasteiger partial charge in [0.05, 0.1) is 11.4 Å². The molecule has 0 radical (unpaired) electrons. The molecule has 0 saturated carbocycles. The van der Waals surface area contributed by atoms with Crippen LogP contribution in [-0.2, 0) is 12.8 Å². The second-order valence-corrected chi connectivity index (χ2v) is 9.05. The van der Waals surface area contributed by atoms with E-state index in [1.807, 2.05) is 24.3 Å². The number of rotatable bonds is 3. The first kappa shape index (κ1) is 20.0. The number of aryl methyl sites for hydroxylation is 1. The maximum absolute atomic E-state index is 13.2. The van der Waals surface area contributed by atoms with Gasteiger partial charge in [0.1, 0.15) is 15.5 Å². The van der Waals surface area contributed by atoms with E-state index in [4.69, 9.17) is 22.3 Å². The third-order valence-electron chi connectivity index (χ3n) is 5.62. The van der Waals surface area contributed by atoms with Crippen molar-refractivity contribution in [3.05, 3.63) is 75.4 Å². The van der Waals surface area contributed by atoms with Crippen LogP contribution in [0.2, 0.25) is 5.02 Å². The standard InChI is InChI=1S/C24H19ClFN3OS/c25-14-7-5-13(6-8-14)21-18-4-2-1-3-17(18)19-20(27)22(31-24(19)29-21)23(30)28-16-11-9-15(26)10-12-16/h5-12H,1-4,27H2,(H,28,30). The second-order valence-electron chi connectivity index (χ2n) is 7.62. The molecule has 1 aliphatic rings. The lowest BCUT2D eigenvalue weighted by atomic mass is 9.87. The highest BCUT2D eigenvalue weighted by Gasteiger charge is 2.25. The number of carbonyl (C=O) groups excluding carboxylic acids is 1. The van der Waals surface area contributed by atoms with Gasteiger partial charge in [0.2, 0.25) is 0 Å². The van der Waals surface area contributed by atoms with Crippen LogP contribution < -0.4 is 11.1 Å². The predicted molar refractivity (Wildman–Crippen MR) is 125 cm³/mol. The number of benzene rings is 2. The number of amides is 1. The van der Waals surface area contributed by atoms with Gasteiger partial charge in [-0.25, -0.2) is 9.37 Å². The number of nitrogens with two attached hydrogens (primary N) is 1. The molecule has 0 saturated heterocycles. The topological polar surface area (TPSA) is 68.0 Å². The van der Waals surface area contributed by atoms with Crippen molar-refractivity contribution >= 4 is 50.4 Å². The largest absolute Gasteiger partial charge is 0.397 e. The molecule has 31 heavy (non-hydrogen) atoms. The van der Waals surface area contributed by atoms with Crippen molar-refractivity contribution in [2.75, 3.05) is 11.1 Å². The molecule has 5 rings (SSSR count). The van der Waals surface area contributed by atoms with Gasteiger partial charge in [-0.1, -0.05) is 23.7 Å². The minimum absolute atomic E-state index is 0.315. The smallest absolute Gasteiger partial charge is 0.267 e. The first-order chi connectivity index (χ1) is 15.0. The summed E-state index contributed by atoms with van der Waals surface area (Å²) in [6.07, 6.45) is 4.03. The Labute approximate surface area is 187 Å². The number of anilines is 2. The van der Waals surface area contributed by atoms with Gasteiger partial charge in [0.25, 0.3) is 5.91 Å². The lowest BCUT2D eigenvalue weighted by molar-refractivity contribution is 0.103. The first-order valence-electron chi connectivity index (χ1n) is 10.1. The molecular formula is C24H19ClFN3OS. The van der Waals surface area contributed by atoms with Crippen molar-refractivity contribution in [1.29, 1.82) is 0 Å². The van der Waals surface area contributed by atoms with Crippen LogP contribution >= 0.6 is 22.9 Å².